The Hall–Kier alpha value is -2.86. The first-order chi connectivity index (χ1) is 13.1. The number of nitrogens with zero attached hydrogens (tertiary/aromatic N) is 3. The molecule has 1 heterocycles. The van der Waals surface area contributed by atoms with Gasteiger partial charge in [0, 0.05) is 17.7 Å². The van der Waals surface area contributed by atoms with E-state index in [0.717, 1.165) is 17.1 Å². The van der Waals surface area contributed by atoms with Crippen molar-refractivity contribution in [3.05, 3.63) is 72.3 Å². The molecule has 2 aromatic carbocycles. The second kappa shape index (κ2) is 8.68. The van der Waals surface area contributed by atoms with Crippen LogP contribution in [0.2, 0.25) is 0 Å². The van der Waals surface area contributed by atoms with Crippen molar-refractivity contribution in [2.45, 2.75) is 18.6 Å². The first-order valence-corrected chi connectivity index (χ1v) is 9.52. The number of aryl methyl sites for hydroxylation is 1. The second-order valence-corrected chi connectivity index (χ2v) is 6.95. The molecule has 1 aromatic heterocycles. The minimum Gasteiger partial charge on any atom is -0.497 e. The number of hydrogen-bond acceptors (Lipinski definition) is 5. The summed E-state index contributed by atoms with van der Waals surface area (Å²) < 4.78 is 7.10. The van der Waals surface area contributed by atoms with Gasteiger partial charge in [0.25, 0.3) is 0 Å². The van der Waals surface area contributed by atoms with Crippen LogP contribution in [-0.4, -0.2) is 33.4 Å². The van der Waals surface area contributed by atoms with Gasteiger partial charge in [-0.25, -0.2) is 0 Å². The fourth-order valence-corrected chi connectivity index (χ4v) is 3.44. The predicted molar refractivity (Wildman–Crippen MR) is 108 cm³/mol. The van der Waals surface area contributed by atoms with Crippen LogP contribution >= 0.6 is 11.8 Å². The summed E-state index contributed by atoms with van der Waals surface area (Å²) in [6.07, 6.45) is 1.80. The lowest BCUT2D eigenvalue weighted by molar-refractivity contribution is 0.102. The Bertz CT molecular complexity index is 931. The number of aromatic nitrogens is 3. The molecule has 5 nitrogen and oxygen atoms in total. The minimum atomic E-state index is 0.0349. The lowest BCUT2D eigenvalue weighted by Gasteiger charge is -2.08. The zero-order chi connectivity index (χ0) is 19.2. The summed E-state index contributed by atoms with van der Waals surface area (Å²) in [5, 5.41) is 9.31. The van der Waals surface area contributed by atoms with Crippen LogP contribution in [-0.2, 0) is 6.54 Å². The Morgan fingerprint density at radius 3 is 2.48 bits per heavy atom. The average molecular weight is 379 g/mol. The minimum absolute atomic E-state index is 0.0349. The fraction of sp³-hybridized carbons (Fsp3) is 0.190. The third-order valence-corrected chi connectivity index (χ3v) is 5.05. The number of ether oxygens (including phenoxy) is 1. The molecule has 3 aromatic rings. The first kappa shape index (κ1) is 18.9. The monoisotopic (exact) mass is 379 g/mol. The Labute approximate surface area is 163 Å². The topological polar surface area (TPSA) is 57.0 Å². The summed E-state index contributed by atoms with van der Waals surface area (Å²) in [4.78, 5) is 12.5. The molecule has 0 aliphatic heterocycles. The van der Waals surface area contributed by atoms with Gasteiger partial charge in [-0.3, -0.25) is 9.36 Å². The molecule has 0 saturated heterocycles. The lowest BCUT2D eigenvalue weighted by atomic mass is 10.1. The van der Waals surface area contributed by atoms with Crippen LogP contribution in [0.25, 0.3) is 11.4 Å². The maximum atomic E-state index is 12.5. The molecule has 0 radical (unpaired) electrons. The van der Waals surface area contributed by atoms with Gasteiger partial charge < -0.3 is 4.74 Å². The largest absolute Gasteiger partial charge is 0.497 e. The molecule has 0 bridgehead atoms. The molecule has 0 unspecified atom stereocenters. The summed E-state index contributed by atoms with van der Waals surface area (Å²) in [6.45, 7) is 6.44. The smallest absolute Gasteiger partial charge is 0.192 e. The van der Waals surface area contributed by atoms with Crippen molar-refractivity contribution in [1.82, 2.24) is 14.8 Å². The van der Waals surface area contributed by atoms with Crippen LogP contribution in [0, 0.1) is 6.92 Å². The van der Waals surface area contributed by atoms with E-state index in [0.29, 0.717) is 17.3 Å². The molecule has 0 saturated carbocycles. The summed E-state index contributed by atoms with van der Waals surface area (Å²) in [5.74, 6) is 1.82. The normalized spacial score (nSPS) is 10.6. The summed E-state index contributed by atoms with van der Waals surface area (Å²) in [7, 11) is 1.60. The van der Waals surface area contributed by atoms with Crippen LogP contribution in [0.3, 0.4) is 0 Å². The molecule has 6 heteroatoms. The van der Waals surface area contributed by atoms with Gasteiger partial charge in [-0.1, -0.05) is 47.7 Å². The fourth-order valence-electron chi connectivity index (χ4n) is 2.60. The van der Waals surface area contributed by atoms with Crippen molar-refractivity contribution in [3.63, 3.8) is 0 Å². The maximum Gasteiger partial charge on any atom is 0.192 e. The van der Waals surface area contributed by atoms with E-state index in [1.807, 2.05) is 35.8 Å². The molecule has 0 N–H and O–H groups in total. The number of thioether (sulfide) groups is 1. The Morgan fingerprint density at radius 1 is 1.15 bits per heavy atom. The maximum absolute atomic E-state index is 12.5. The van der Waals surface area contributed by atoms with E-state index in [-0.39, 0.29) is 11.5 Å². The molecule has 0 fully saturated rings. The zero-order valence-electron chi connectivity index (χ0n) is 15.4. The van der Waals surface area contributed by atoms with Gasteiger partial charge in [-0.2, -0.15) is 0 Å². The van der Waals surface area contributed by atoms with Gasteiger partial charge in [-0.05, 0) is 31.2 Å². The average Bonchev–Trinajstić information content (AvgIpc) is 3.09. The first-order valence-electron chi connectivity index (χ1n) is 8.53. The number of methoxy groups -OCH3 is 1. The van der Waals surface area contributed by atoms with Crippen molar-refractivity contribution in [2.24, 2.45) is 0 Å². The van der Waals surface area contributed by atoms with Crippen molar-refractivity contribution < 1.29 is 9.53 Å². The number of benzene rings is 2. The van der Waals surface area contributed by atoms with Crippen LogP contribution < -0.4 is 4.74 Å². The van der Waals surface area contributed by atoms with Gasteiger partial charge in [0.15, 0.2) is 16.8 Å². The number of Topliss-reactive ketones (excluding diaryl/α,β-unsaturated/α-hetero) is 1. The van der Waals surface area contributed by atoms with Crippen LogP contribution in [0.5, 0.6) is 5.75 Å². The quantitative estimate of drug-likeness (QED) is 0.329. The zero-order valence-corrected chi connectivity index (χ0v) is 16.2. The Kier molecular flexibility index (Phi) is 6.08. The van der Waals surface area contributed by atoms with E-state index >= 15 is 0 Å². The molecule has 3 rings (SSSR count). The highest BCUT2D eigenvalue weighted by Crippen LogP contribution is 2.25. The molecule has 0 spiro atoms. The number of hydrogen-bond donors (Lipinski definition) is 0. The van der Waals surface area contributed by atoms with Crippen molar-refractivity contribution in [1.29, 1.82) is 0 Å². The Morgan fingerprint density at radius 2 is 1.85 bits per heavy atom. The highest BCUT2D eigenvalue weighted by Gasteiger charge is 2.15. The number of allylic oxidation sites excluding steroid dienone is 1. The van der Waals surface area contributed by atoms with Gasteiger partial charge in [0.2, 0.25) is 0 Å². The van der Waals surface area contributed by atoms with E-state index in [1.165, 1.54) is 17.3 Å². The van der Waals surface area contributed by atoms with E-state index in [2.05, 4.69) is 16.8 Å². The van der Waals surface area contributed by atoms with Crippen molar-refractivity contribution >= 4 is 17.5 Å². The number of ketones is 1. The lowest BCUT2D eigenvalue weighted by Crippen LogP contribution is -2.05. The molecule has 0 aliphatic carbocycles. The number of rotatable bonds is 8. The highest BCUT2D eigenvalue weighted by molar-refractivity contribution is 7.99. The number of carbonyl (C=O) groups excluding carboxylic acids is 1. The summed E-state index contributed by atoms with van der Waals surface area (Å²) in [5.41, 5.74) is 2.83. The SMILES string of the molecule is C=CCn1c(SCC(=O)c2ccc(OC)cc2)nnc1-c1ccc(C)cc1. The van der Waals surface area contributed by atoms with Crippen LogP contribution in [0.4, 0.5) is 0 Å². The third-order valence-electron chi connectivity index (χ3n) is 4.08. The molecular formula is C21H21N3O2S. The molecule has 27 heavy (non-hydrogen) atoms. The van der Waals surface area contributed by atoms with E-state index in [4.69, 9.17) is 4.74 Å². The van der Waals surface area contributed by atoms with Crippen molar-refractivity contribution in [2.75, 3.05) is 12.9 Å². The van der Waals surface area contributed by atoms with Gasteiger partial charge >= 0.3 is 0 Å². The Balaban J connectivity index is 1.77. The van der Waals surface area contributed by atoms with Gasteiger partial charge in [-0.15, -0.1) is 16.8 Å². The molecule has 0 atom stereocenters. The summed E-state index contributed by atoms with van der Waals surface area (Å²) in [6, 6.07) is 15.2. The van der Waals surface area contributed by atoms with Crippen LogP contribution in [0.15, 0.2) is 66.3 Å². The molecule has 0 amide bonds. The summed E-state index contributed by atoms with van der Waals surface area (Å²) >= 11 is 1.38. The van der Waals surface area contributed by atoms with Crippen LogP contribution in [0.1, 0.15) is 15.9 Å². The van der Waals surface area contributed by atoms with E-state index in [9.17, 15) is 4.79 Å². The van der Waals surface area contributed by atoms with Gasteiger partial charge in [0.05, 0.1) is 12.9 Å². The highest BCUT2D eigenvalue weighted by atomic mass is 32.2. The number of carbonyl (C=O) groups is 1. The third kappa shape index (κ3) is 4.46. The molecule has 0 aliphatic rings. The standard InChI is InChI=1S/C21H21N3O2S/c1-4-13-24-20(17-7-5-15(2)6-8-17)22-23-21(24)27-14-19(25)16-9-11-18(26-3)12-10-16/h4-12H,1,13-14H2,2-3H3. The molecular weight excluding hydrogens is 358 g/mol. The van der Waals surface area contributed by atoms with Crippen molar-refractivity contribution in [3.8, 4) is 17.1 Å². The second-order valence-electron chi connectivity index (χ2n) is 6.01. The molecule has 138 valence electrons. The van der Waals surface area contributed by atoms with E-state index < -0.39 is 0 Å². The van der Waals surface area contributed by atoms with Gasteiger partial charge in [0.1, 0.15) is 5.75 Å². The van der Waals surface area contributed by atoms with E-state index in [1.54, 1.807) is 37.5 Å². The predicted octanol–water partition coefficient (Wildman–Crippen LogP) is 4.42.